The van der Waals surface area contributed by atoms with E-state index in [2.05, 4.69) is 21.6 Å². The first kappa shape index (κ1) is 10.1. The number of rotatable bonds is 4. The first-order valence-corrected chi connectivity index (χ1v) is 5.64. The highest BCUT2D eigenvalue weighted by Crippen LogP contribution is 2.19. The summed E-state index contributed by atoms with van der Waals surface area (Å²) < 4.78 is 0. The number of nitrogens with zero attached hydrogens (tertiary/aromatic N) is 2. The topological polar surface area (TPSA) is 37.8 Å². The summed E-state index contributed by atoms with van der Waals surface area (Å²) in [6, 6.07) is 3.84. The molecule has 1 heterocycles. The van der Waals surface area contributed by atoms with Crippen LogP contribution in [0.2, 0.25) is 0 Å². The molecule has 0 unspecified atom stereocenters. The Labute approximate surface area is 90.6 Å². The van der Waals surface area contributed by atoms with Gasteiger partial charge in [-0.15, -0.1) is 5.10 Å². The van der Waals surface area contributed by atoms with Crippen LogP contribution < -0.4 is 5.32 Å². The lowest BCUT2D eigenvalue weighted by molar-refractivity contribution is 0.679. The second kappa shape index (κ2) is 5.49. The highest BCUT2D eigenvalue weighted by Gasteiger charge is 2.02. The maximum atomic E-state index is 3.98. The molecule has 3 heteroatoms. The zero-order valence-corrected chi connectivity index (χ0v) is 8.95. The Morgan fingerprint density at radius 2 is 2.33 bits per heavy atom. The molecule has 3 nitrogen and oxygen atoms in total. The standard InChI is InChI=1S/C12H17N3/c1-2-5-11(6-3-1)8-10-13-12-7-4-9-14-15-12/h4-5,7,9H,1-3,6,8,10H2,(H,13,15). The second-order valence-electron chi connectivity index (χ2n) is 3.89. The molecule has 0 spiro atoms. The van der Waals surface area contributed by atoms with Gasteiger partial charge < -0.3 is 5.32 Å². The van der Waals surface area contributed by atoms with E-state index in [0.29, 0.717) is 0 Å². The van der Waals surface area contributed by atoms with Crippen LogP contribution in [0.5, 0.6) is 0 Å². The van der Waals surface area contributed by atoms with Crippen LogP contribution in [0.25, 0.3) is 0 Å². The van der Waals surface area contributed by atoms with Crippen molar-refractivity contribution in [3.8, 4) is 0 Å². The summed E-state index contributed by atoms with van der Waals surface area (Å²) in [5.74, 6) is 0.869. The second-order valence-corrected chi connectivity index (χ2v) is 3.89. The van der Waals surface area contributed by atoms with Gasteiger partial charge in [-0.3, -0.25) is 0 Å². The van der Waals surface area contributed by atoms with Gasteiger partial charge in [0.15, 0.2) is 0 Å². The minimum absolute atomic E-state index is 0.869. The highest BCUT2D eigenvalue weighted by molar-refractivity contribution is 5.31. The van der Waals surface area contributed by atoms with Gasteiger partial charge in [0.2, 0.25) is 0 Å². The fourth-order valence-corrected chi connectivity index (χ4v) is 1.88. The van der Waals surface area contributed by atoms with E-state index in [4.69, 9.17) is 0 Å². The molecule has 0 amide bonds. The van der Waals surface area contributed by atoms with E-state index in [0.717, 1.165) is 18.8 Å². The van der Waals surface area contributed by atoms with Crippen LogP contribution in [0.1, 0.15) is 32.1 Å². The van der Waals surface area contributed by atoms with E-state index in [9.17, 15) is 0 Å². The summed E-state index contributed by atoms with van der Waals surface area (Å²) in [6.07, 6.45) is 10.5. The zero-order valence-electron chi connectivity index (χ0n) is 8.95. The summed E-state index contributed by atoms with van der Waals surface area (Å²) in [5.41, 5.74) is 1.60. The first-order valence-electron chi connectivity index (χ1n) is 5.64. The van der Waals surface area contributed by atoms with Gasteiger partial charge in [0.25, 0.3) is 0 Å². The number of hydrogen-bond acceptors (Lipinski definition) is 3. The van der Waals surface area contributed by atoms with Crippen molar-refractivity contribution in [1.82, 2.24) is 10.2 Å². The summed E-state index contributed by atoms with van der Waals surface area (Å²) >= 11 is 0. The van der Waals surface area contributed by atoms with Gasteiger partial charge in [0, 0.05) is 12.7 Å². The summed E-state index contributed by atoms with van der Waals surface area (Å²) in [6.45, 7) is 0.963. The number of hydrogen-bond donors (Lipinski definition) is 1. The summed E-state index contributed by atoms with van der Waals surface area (Å²) in [7, 11) is 0. The molecule has 1 N–H and O–H groups in total. The fraction of sp³-hybridized carbons (Fsp3) is 0.500. The minimum Gasteiger partial charge on any atom is -0.368 e. The maximum absolute atomic E-state index is 3.98. The average Bonchev–Trinajstić information content (AvgIpc) is 2.32. The smallest absolute Gasteiger partial charge is 0.148 e. The quantitative estimate of drug-likeness (QED) is 0.765. The minimum atomic E-state index is 0.869. The Hall–Kier alpha value is -1.38. The molecule has 0 bridgehead atoms. The van der Waals surface area contributed by atoms with E-state index in [1.54, 1.807) is 11.8 Å². The molecule has 80 valence electrons. The van der Waals surface area contributed by atoms with E-state index < -0.39 is 0 Å². The van der Waals surface area contributed by atoms with E-state index >= 15 is 0 Å². The fourth-order valence-electron chi connectivity index (χ4n) is 1.88. The monoisotopic (exact) mass is 203 g/mol. The number of allylic oxidation sites excluding steroid dienone is 1. The molecule has 1 aliphatic carbocycles. The van der Waals surface area contributed by atoms with Crippen LogP contribution in [0.4, 0.5) is 5.82 Å². The lowest BCUT2D eigenvalue weighted by Gasteiger charge is -2.12. The molecule has 2 rings (SSSR count). The molecule has 0 fully saturated rings. The molecule has 15 heavy (non-hydrogen) atoms. The Balaban J connectivity index is 1.73. The van der Waals surface area contributed by atoms with Gasteiger partial charge >= 0.3 is 0 Å². The maximum Gasteiger partial charge on any atom is 0.148 e. The lowest BCUT2D eigenvalue weighted by Crippen LogP contribution is -2.05. The van der Waals surface area contributed by atoms with Crippen LogP contribution in [0.15, 0.2) is 30.0 Å². The van der Waals surface area contributed by atoms with E-state index in [1.807, 2.05) is 12.1 Å². The van der Waals surface area contributed by atoms with Crippen molar-refractivity contribution in [3.63, 3.8) is 0 Å². The molecule has 0 aromatic carbocycles. The predicted molar refractivity (Wildman–Crippen MR) is 61.7 cm³/mol. The number of aromatic nitrogens is 2. The summed E-state index contributed by atoms with van der Waals surface area (Å²) in [5, 5.41) is 11.1. The van der Waals surface area contributed by atoms with Crippen molar-refractivity contribution in [2.45, 2.75) is 32.1 Å². The SMILES string of the molecule is C1=C(CCNc2cccnn2)CCCC1. The lowest BCUT2D eigenvalue weighted by atomic mass is 9.97. The van der Waals surface area contributed by atoms with Gasteiger partial charge in [0.05, 0.1) is 0 Å². The Morgan fingerprint density at radius 3 is 3.07 bits per heavy atom. The largest absolute Gasteiger partial charge is 0.368 e. The van der Waals surface area contributed by atoms with Crippen LogP contribution >= 0.6 is 0 Å². The Bertz CT molecular complexity index is 319. The molecule has 0 atom stereocenters. The Morgan fingerprint density at radius 1 is 1.33 bits per heavy atom. The molecule has 0 aliphatic heterocycles. The van der Waals surface area contributed by atoms with E-state index in [1.165, 1.54) is 25.7 Å². The third-order valence-corrected chi connectivity index (χ3v) is 2.71. The van der Waals surface area contributed by atoms with Crippen LogP contribution in [0.3, 0.4) is 0 Å². The predicted octanol–water partition coefficient (Wildman–Crippen LogP) is 2.78. The van der Waals surface area contributed by atoms with Crippen LogP contribution in [-0.2, 0) is 0 Å². The first-order chi connectivity index (χ1) is 7.45. The third-order valence-electron chi connectivity index (χ3n) is 2.71. The van der Waals surface area contributed by atoms with Crippen LogP contribution in [0, 0.1) is 0 Å². The molecule has 1 aromatic heterocycles. The van der Waals surface area contributed by atoms with E-state index in [-0.39, 0.29) is 0 Å². The average molecular weight is 203 g/mol. The van der Waals surface area contributed by atoms with Gasteiger partial charge in [-0.1, -0.05) is 11.6 Å². The third kappa shape index (κ3) is 3.35. The molecule has 1 aliphatic rings. The van der Waals surface area contributed by atoms with Crippen molar-refractivity contribution in [2.24, 2.45) is 0 Å². The molecule has 0 radical (unpaired) electrons. The van der Waals surface area contributed by atoms with Gasteiger partial charge in [-0.2, -0.15) is 5.10 Å². The molecule has 0 saturated carbocycles. The van der Waals surface area contributed by atoms with Gasteiger partial charge in [-0.25, -0.2) is 0 Å². The van der Waals surface area contributed by atoms with Crippen molar-refractivity contribution in [1.29, 1.82) is 0 Å². The zero-order chi connectivity index (χ0) is 10.3. The number of anilines is 1. The molecular formula is C12H17N3. The highest BCUT2D eigenvalue weighted by atomic mass is 15.2. The molecule has 0 saturated heterocycles. The van der Waals surface area contributed by atoms with Crippen molar-refractivity contribution in [3.05, 3.63) is 30.0 Å². The number of nitrogens with one attached hydrogen (secondary N) is 1. The molecule has 1 aromatic rings. The summed E-state index contributed by atoms with van der Waals surface area (Å²) in [4.78, 5) is 0. The van der Waals surface area contributed by atoms with Crippen LogP contribution in [-0.4, -0.2) is 16.7 Å². The van der Waals surface area contributed by atoms with Gasteiger partial charge in [0.1, 0.15) is 5.82 Å². The van der Waals surface area contributed by atoms with Crippen molar-refractivity contribution in [2.75, 3.05) is 11.9 Å². The van der Waals surface area contributed by atoms with Crippen molar-refractivity contribution < 1.29 is 0 Å². The normalized spacial score (nSPS) is 15.9. The van der Waals surface area contributed by atoms with Crippen molar-refractivity contribution >= 4 is 5.82 Å². The molecular weight excluding hydrogens is 186 g/mol. The van der Waals surface area contributed by atoms with Gasteiger partial charge in [-0.05, 0) is 44.2 Å². The Kier molecular flexibility index (Phi) is 3.71.